The van der Waals surface area contributed by atoms with E-state index in [4.69, 9.17) is 12.2 Å². The van der Waals surface area contributed by atoms with Crippen molar-refractivity contribution < 1.29 is 0 Å². The number of thiocarbonyl (C=S) groups is 1. The second-order valence-electron chi connectivity index (χ2n) is 3.82. The van der Waals surface area contributed by atoms with E-state index in [1.807, 2.05) is 18.2 Å². The molecule has 2 N–H and O–H groups in total. The van der Waals surface area contributed by atoms with Crippen LogP contribution >= 0.6 is 12.2 Å². The van der Waals surface area contributed by atoms with Crippen LogP contribution in [-0.2, 0) is 0 Å². The summed E-state index contributed by atoms with van der Waals surface area (Å²) in [6.45, 7) is 2.06. The number of benzene rings is 1. The Kier molecular flexibility index (Phi) is 4.20. The molecule has 1 heterocycles. The molecule has 1 aromatic carbocycles. The van der Waals surface area contributed by atoms with Crippen molar-refractivity contribution in [2.24, 2.45) is 0 Å². The first kappa shape index (κ1) is 12.4. The fourth-order valence-electron chi connectivity index (χ4n) is 1.54. The van der Waals surface area contributed by atoms with Gasteiger partial charge in [-0.25, -0.2) is 4.98 Å². The van der Waals surface area contributed by atoms with Crippen LogP contribution < -0.4 is 10.6 Å². The lowest BCUT2D eigenvalue weighted by molar-refractivity contribution is 0.722. The van der Waals surface area contributed by atoms with Gasteiger partial charge in [0, 0.05) is 12.4 Å². The Morgan fingerprint density at radius 1 is 1.22 bits per heavy atom. The van der Waals surface area contributed by atoms with Crippen LogP contribution in [0.4, 0.5) is 5.82 Å². The van der Waals surface area contributed by atoms with E-state index in [1.165, 1.54) is 5.56 Å². The second-order valence-corrected chi connectivity index (χ2v) is 4.23. The van der Waals surface area contributed by atoms with Gasteiger partial charge in [-0.3, -0.25) is 4.98 Å². The highest BCUT2D eigenvalue weighted by molar-refractivity contribution is 7.80. The van der Waals surface area contributed by atoms with Crippen molar-refractivity contribution in [3.8, 4) is 0 Å². The summed E-state index contributed by atoms with van der Waals surface area (Å²) >= 11 is 5.22. The SMILES string of the molecule is C[C@H](NC(=S)Nc1cnccn1)c1ccccc1. The minimum atomic E-state index is 0.142. The van der Waals surface area contributed by atoms with Gasteiger partial charge in [-0.1, -0.05) is 30.3 Å². The number of rotatable bonds is 3. The molecule has 0 fully saturated rings. The van der Waals surface area contributed by atoms with Crippen molar-refractivity contribution >= 4 is 23.1 Å². The highest BCUT2D eigenvalue weighted by Gasteiger charge is 2.06. The topological polar surface area (TPSA) is 49.8 Å². The maximum Gasteiger partial charge on any atom is 0.172 e. The Balaban J connectivity index is 1.92. The summed E-state index contributed by atoms with van der Waals surface area (Å²) in [5, 5.41) is 6.72. The molecule has 0 aliphatic heterocycles. The lowest BCUT2D eigenvalue weighted by Gasteiger charge is -2.16. The minimum absolute atomic E-state index is 0.142. The molecule has 0 amide bonds. The summed E-state index contributed by atoms with van der Waals surface area (Å²) in [5.74, 6) is 0.635. The standard InChI is InChI=1S/C13H14N4S/c1-10(11-5-3-2-4-6-11)16-13(18)17-12-9-14-7-8-15-12/h2-10H,1H3,(H2,15,16,17,18)/t10-/m0/s1. The van der Waals surface area contributed by atoms with E-state index < -0.39 is 0 Å². The van der Waals surface area contributed by atoms with Crippen molar-refractivity contribution in [1.82, 2.24) is 15.3 Å². The summed E-state index contributed by atoms with van der Waals surface area (Å²) in [6.07, 6.45) is 4.86. The molecule has 18 heavy (non-hydrogen) atoms. The van der Waals surface area contributed by atoms with Crippen LogP contribution in [0.15, 0.2) is 48.9 Å². The largest absolute Gasteiger partial charge is 0.356 e. The fraction of sp³-hybridized carbons (Fsp3) is 0.154. The molecule has 0 aliphatic rings. The summed E-state index contributed by atoms with van der Waals surface area (Å²) in [7, 11) is 0. The molecule has 0 aliphatic carbocycles. The Bertz CT molecular complexity index is 501. The molecule has 5 heteroatoms. The molecular weight excluding hydrogens is 244 g/mol. The van der Waals surface area contributed by atoms with E-state index in [2.05, 4.69) is 39.7 Å². The first-order chi connectivity index (χ1) is 8.75. The lowest BCUT2D eigenvalue weighted by Crippen LogP contribution is -2.31. The lowest BCUT2D eigenvalue weighted by atomic mass is 10.1. The molecule has 0 radical (unpaired) electrons. The maximum absolute atomic E-state index is 5.22. The number of hydrogen-bond acceptors (Lipinski definition) is 3. The number of anilines is 1. The Labute approximate surface area is 111 Å². The third-order valence-corrected chi connectivity index (χ3v) is 2.67. The average Bonchev–Trinajstić information content (AvgIpc) is 2.40. The van der Waals surface area contributed by atoms with Crippen LogP contribution in [0.25, 0.3) is 0 Å². The van der Waals surface area contributed by atoms with Gasteiger partial charge in [-0.15, -0.1) is 0 Å². The van der Waals surface area contributed by atoms with Crippen molar-refractivity contribution in [3.05, 3.63) is 54.5 Å². The van der Waals surface area contributed by atoms with E-state index in [9.17, 15) is 0 Å². The summed E-state index contributed by atoms with van der Waals surface area (Å²) in [4.78, 5) is 8.06. The van der Waals surface area contributed by atoms with Crippen molar-refractivity contribution in [3.63, 3.8) is 0 Å². The molecule has 0 bridgehead atoms. The number of nitrogens with one attached hydrogen (secondary N) is 2. The molecule has 4 nitrogen and oxygen atoms in total. The van der Waals surface area contributed by atoms with Crippen LogP contribution in [0, 0.1) is 0 Å². The molecule has 1 atom stereocenters. The Morgan fingerprint density at radius 2 is 2.00 bits per heavy atom. The summed E-state index contributed by atoms with van der Waals surface area (Å²) < 4.78 is 0. The van der Waals surface area contributed by atoms with E-state index in [0.717, 1.165) is 0 Å². The van der Waals surface area contributed by atoms with Gasteiger partial charge in [-0.05, 0) is 24.7 Å². The minimum Gasteiger partial charge on any atom is -0.356 e. The molecule has 2 rings (SSSR count). The third kappa shape index (κ3) is 3.49. The molecule has 0 saturated carbocycles. The van der Waals surface area contributed by atoms with Gasteiger partial charge in [-0.2, -0.15) is 0 Å². The van der Waals surface area contributed by atoms with E-state index in [0.29, 0.717) is 10.9 Å². The zero-order chi connectivity index (χ0) is 12.8. The summed E-state index contributed by atoms with van der Waals surface area (Å²) in [5.41, 5.74) is 1.18. The van der Waals surface area contributed by atoms with Crippen molar-refractivity contribution in [2.75, 3.05) is 5.32 Å². The molecular formula is C13H14N4S. The molecule has 2 aromatic rings. The van der Waals surface area contributed by atoms with Crippen LogP contribution in [0.1, 0.15) is 18.5 Å². The molecule has 0 spiro atoms. The Hall–Kier alpha value is -2.01. The van der Waals surface area contributed by atoms with Gasteiger partial charge in [0.15, 0.2) is 10.9 Å². The van der Waals surface area contributed by atoms with Crippen molar-refractivity contribution in [2.45, 2.75) is 13.0 Å². The van der Waals surface area contributed by atoms with E-state index in [-0.39, 0.29) is 6.04 Å². The average molecular weight is 258 g/mol. The second kappa shape index (κ2) is 6.07. The molecule has 92 valence electrons. The van der Waals surface area contributed by atoms with Crippen LogP contribution in [0.5, 0.6) is 0 Å². The number of hydrogen-bond donors (Lipinski definition) is 2. The van der Waals surface area contributed by atoms with Gasteiger partial charge in [0.25, 0.3) is 0 Å². The number of aromatic nitrogens is 2. The summed E-state index contributed by atoms with van der Waals surface area (Å²) in [6, 6.07) is 10.3. The van der Waals surface area contributed by atoms with Gasteiger partial charge >= 0.3 is 0 Å². The van der Waals surface area contributed by atoms with Gasteiger partial charge in [0.05, 0.1) is 12.2 Å². The van der Waals surface area contributed by atoms with E-state index in [1.54, 1.807) is 18.6 Å². The maximum atomic E-state index is 5.22. The highest BCUT2D eigenvalue weighted by Crippen LogP contribution is 2.11. The smallest absolute Gasteiger partial charge is 0.172 e. The molecule has 1 aromatic heterocycles. The fourth-order valence-corrected chi connectivity index (χ4v) is 1.82. The van der Waals surface area contributed by atoms with Gasteiger partial charge < -0.3 is 10.6 Å². The molecule has 0 saturated heterocycles. The molecule has 0 unspecified atom stereocenters. The van der Waals surface area contributed by atoms with E-state index >= 15 is 0 Å². The quantitative estimate of drug-likeness (QED) is 0.829. The third-order valence-electron chi connectivity index (χ3n) is 2.45. The first-order valence-corrected chi connectivity index (χ1v) is 6.05. The normalized spacial score (nSPS) is 11.6. The predicted molar refractivity (Wildman–Crippen MR) is 76.2 cm³/mol. The predicted octanol–water partition coefficient (Wildman–Crippen LogP) is 2.52. The zero-order valence-corrected chi connectivity index (χ0v) is 10.8. The van der Waals surface area contributed by atoms with Gasteiger partial charge in [0.2, 0.25) is 0 Å². The number of nitrogens with zero attached hydrogens (tertiary/aromatic N) is 2. The van der Waals surface area contributed by atoms with Crippen LogP contribution in [0.3, 0.4) is 0 Å². The first-order valence-electron chi connectivity index (χ1n) is 5.64. The van der Waals surface area contributed by atoms with Crippen LogP contribution in [-0.4, -0.2) is 15.1 Å². The highest BCUT2D eigenvalue weighted by atomic mass is 32.1. The van der Waals surface area contributed by atoms with Gasteiger partial charge in [0.1, 0.15) is 0 Å². The van der Waals surface area contributed by atoms with Crippen LogP contribution in [0.2, 0.25) is 0 Å². The monoisotopic (exact) mass is 258 g/mol. The Morgan fingerprint density at radius 3 is 2.67 bits per heavy atom. The zero-order valence-electron chi connectivity index (χ0n) is 10.00. The van der Waals surface area contributed by atoms with Crippen molar-refractivity contribution in [1.29, 1.82) is 0 Å².